The van der Waals surface area contributed by atoms with E-state index < -0.39 is 0 Å². The number of amides is 2. The van der Waals surface area contributed by atoms with Crippen LogP contribution in [0.2, 0.25) is 0 Å². The lowest BCUT2D eigenvalue weighted by atomic mass is 9.90. The van der Waals surface area contributed by atoms with E-state index in [1.807, 2.05) is 5.43 Å². The summed E-state index contributed by atoms with van der Waals surface area (Å²) in [4.78, 5) is 10.9. The molecule has 0 atom stereocenters. The molecule has 0 heterocycles. The van der Waals surface area contributed by atoms with Gasteiger partial charge in [-0.25, -0.2) is 10.6 Å². The molecule has 1 aliphatic carbocycles. The quantitative estimate of drug-likeness (QED) is 0.398. The van der Waals surface area contributed by atoms with Gasteiger partial charge in [-0.15, -0.1) is 0 Å². The second-order valence-electron chi connectivity index (χ2n) is 4.14. The second-order valence-corrected chi connectivity index (χ2v) is 4.14. The molecular weight excluding hydrogens is 202 g/mol. The highest BCUT2D eigenvalue weighted by molar-refractivity contribution is 5.73. The number of rotatable bonds is 2. The maximum atomic E-state index is 10.9. The van der Waals surface area contributed by atoms with Gasteiger partial charge in [0.15, 0.2) is 0 Å². The molecule has 0 aromatic heterocycles. The van der Waals surface area contributed by atoms with Crippen LogP contribution in [0.3, 0.4) is 0 Å². The van der Waals surface area contributed by atoms with Gasteiger partial charge < -0.3 is 5.32 Å². The zero-order chi connectivity index (χ0) is 11.4. The standard InChI is InChI=1S/C12H17N3O/c13-15-12(16)14-8-9-5-6-10-3-1-2-4-11(10)7-9/h5-7H,1-4,8,13H2,(H2,14,15,16). The van der Waals surface area contributed by atoms with Crippen LogP contribution in [-0.4, -0.2) is 6.03 Å². The molecule has 2 amide bonds. The van der Waals surface area contributed by atoms with Gasteiger partial charge in [0.25, 0.3) is 0 Å². The van der Waals surface area contributed by atoms with Crippen LogP contribution in [0.5, 0.6) is 0 Å². The van der Waals surface area contributed by atoms with Crippen LogP contribution < -0.4 is 16.6 Å². The summed E-state index contributed by atoms with van der Waals surface area (Å²) in [6, 6.07) is 6.08. The number of hydrazine groups is 1. The SMILES string of the molecule is NNC(=O)NCc1ccc2c(c1)CCCC2. The van der Waals surface area contributed by atoms with Crippen LogP contribution in [-0.2, 0) is 19.4 Å². The number of benzene rings is 1. The monoisotopic (exact) mass is 219 g/mol. The first kappa shape index (κ1) is 11.0. The van der Waals surface area contributed by atoms with Crippen LogP contribution in [0.4, 0.5) is 4.79 Å². The summed E-state index contributed by atoms with van der Waals surface area (Å²) in [7, 11) is 0. The van der Waals surface area contributed by atoms with E-state index in [-0.39, 0.29) is 6.03 Å². The third kappa shape index (κ3) is 2.52. The first-order chi connectivity index (χ1) is 7.79. The molecule has 1 aliphatic rings. The zero-order valence-electron chi connectivity index (χ0n) is 9.25. The second kappa shape index (κ2) is 4.99. The number of carbonyl (C=O) groups excluding carboxylic acids is 1. The van der Waals surface area contributed by atoms with Crippen molar-refractivity contribution in [2.75, 3.05) is 0 Å². The Morgan fingerprint density at radius 2 is 2.00 bits per heavy atom. The first-order valence-electron chi connectivity index (χ1n) is 5.65. The molecule has 0 saturated carbocycles. The van der Waals surface area contributed by atoms with Gasteiger partial charge in [0, 0.05) is 6.54 Å². The predicted octanol–water partition coefficient (Wildman–Crippen LogP) is 1.24. The minimum absolute atomic E-state index is 0.349. The normalized spacial score (nSPS) is 14.1. The Labute approximate surface area is 95.2 Å². The van der Waals surface area contributed by atoms with E-state index in [1.54, 1.807) is 0 Å². The Morgan fingerprint density at radius 3 is 2.75 bits per heavy atom. The van der Waals surface area contributed by atoms with Gasteiger partial charge in [-0.05, 0) is 42.4 Å². The fourth-order valence-corrected chi connectivity index (χ4v) is 2.13. The van der Waals surface area contributed by atoms with Crippen LogP contribution >= 0.6 is 0 Å². The van der Waals surface area contributed by atoms with Crippen molar-refractivity contribution < 1.29 is 4.79 Å². The Kier molecular flexibility index (Phi) is 3.41. The van der Waals surface area contributed by atoms with Crippen molar-refractivity contribution in [3.63, 3.8) is 0 Å². The van der Waals surface area contributed by atoms with Gasteiger partial charge in [0.1, 0.15) is 0 Å². The van der Waals surface area contributed by atoms with Crippen LogP contribution in [0.15, 0.2) is 18.2 Å². The number of carbonyl (C=O) groups is 1. The molecule has 86 valence electrons. The number of hydrogen-bond acceptors (Lipinski definition) is 2. The minimum Gasteiger partial charge on any atom is -0.333 e. The third-order valence-electron chi connectivity index (χ3n) is 3.00. The molecule has 4 N–H and O–H groups in total. The summed E-state index contributed by atoms with van der Waals surface area (Å²) >= 11 is 0. The number of nitrogens with two attached hydrogens (primary N) is 1. The van der Waals surface area contributed by atoms with Crippen molar-refractivity contribution in [2.24, 2.45) is 5.84 Å². The molecule has 1 aromatic rings. The maximum absolute atomic E-state index is 10.9. The lowest BCUT2D eigenvalue weighted by Gasteiger charge is -2.16. The van der Waals surface area contributed by atoms with Crippen molar-refractivity contribution >= 4 is 6.03 Å². The molecule has 0 saturated heterocycles. The molecule has 0 spiro atoms. The summed E-state index contributed by atoms with van der Waals surface area (Å²) < 4.78 is 0. The Hall–Kier alpha value is -1.55. The molecule has 4 nitrogen and oxygen atoms in total. The summed E-state index contributed by atoms with van der Waals surface area (Å²) in [5, 5.41) is 2.68. The van der Waals surface area contributed by atoms with Crippen molar-refractivity contribution in [2.45, 2.75) is 32.2 Å². The van der Waals surface area contributed by atoms with Crippen molar-refractivity contribution in [3.05, 3.63) is 34.9 Å². The van der Waals surface area contributed by atoms with Gasteiger partial charge in [-0.2, -0.15) is 0 Å². The number of urea groups is 1. The van der Waals surface area contributed by atoms with Crippen LogP contribution in [0.25, 0.3) is 0 Å². The molecule has 0 radical (unpaired) electrons. The fraction of sp³-hybridized carbons (Fsp3) is 0.417. The fourth-order valence-electron chi connectivity index (χ4n) is 2.13. The van der Waals surface area contributed by atoms with Gasteiger partial charge in [-0.1, -0.05) is 18.2 Å². The minimum atomic E-state index is -0.349. The number of hydrogen-bond donors (Lipinski definition) is 3. The number of nitrogens with one attached hydrogen (secondary N) is 2. The van der Waals surface area contributed by atoms with E-state index >= 15 is 0 Å². The number of aryl methyl sites for hydroxylation is 2. The van der Waals surface area contributed by atoms with Gasteiger partial charge >= 0.3 is 6.03 Å². The number of fused-ring (bicyclic) bond motifs is 1. The maximum Gasteiger partial charge on any atom is 0.329 e. The molecule has 0 aliphatic heterocycles. The average molecular weight is 219 g/mol. The summed E-state index contributed by atoms with van der Waals surface area (Å²) in [6.07, 6.45) is 4.91. The van der Waals surface area contributed by atoms with Crippen LogP contribution in [0.1, 0.15) is 29.5 Å². The Balaban J connectivity index is 2.03. The van der Waals surface area contributed by atoms with E-state index in [9.17, 15) is 4.79 Å². The van der Waals surface area contributed by atoms with Crippen molar-refractivity contribution in [3.8, 4) is 0 Å². The largest absolute Gasteiger partial charge is 0.333 e. The zero-order valence-corrected chi connectivity index (χ0v) is 9.25. The highest BCUT2D eigenvalue weighted by Crippen LogP contribution is 2.22. The Morgan fingerprint density at radius 1 is 1.25 bits per heavy atom. The molecule has 4 heteroatoms. The van der Waals surface area contributed by atoms with E-state index in [4.69, 9.17) is 5.84 Å². The molecule has 1 aromatic carbocycles. The predicted molar refractivity (Wildman–Crippen MR) is 62.6 cm³/mol. The van der Waals surface area contributed by atoms with Crippen molar-refractivity contribution in [1.82, 2.24) is 10.7 Å². The smallest absolute Gasteiger partial charge is 0.329 e. The Bertz CT molecular complexity index is 390. The molecule has 0 fully saturated rings. The third-order valence-corrected chi connectivity index (χ3v) is 3.00. The van der Waals surface area contributed by atoms with Crippen molar-refractivity contribution in [1.29, 1.82) is 0 Å². The van der Waals surface area contributed by atoms with Gasteiger partial charge in [-0.3, -0.25) is 5.43 Å². The lowest BCUT2D eigenvalue weighted by molar-refractivity contribution is 0.241. The molecular formula is C12H17N3O. The summed E-state index contributed by atoms with van der Waals surface area (Å²) in [5.74, 6) is 4.98. The van der Waals surface area contributed by atoms with E-state index in [1.165, 1.54) is 30.4 Å². The van der Waals surface area contributed by atoms with Gasteiger partial charge in [0.05, 0.1) is 0 Å². The van der Waals surface area contributed by atoms with E-state index in [0.29, 0.717) is 6.54 Å². The lowest BCUT2D eigenvalue weighted by Crippen LogP contribution is -2.39. The van der Waals surface area contributed by atoms with Crippen LogP contribution in [0, 0.1) is 0 Å². The highest BCUT2D eigenvalue weighted by Gasteiger charge is 2.09. The molecule has 16 heavy (non-hydrogen) atoms. The highest BCUT2D eigenvalue weighted by atomic mass is 16.2. The topological polar surface area (TPSA) is 67.1 Å². The average Bonchev–Trinajstić information content (AvgIpc) is 2.35. The first-order valence-corrected chi connectivity index (χ1v) is 5.65. The summed E-state index contributed by atoms with van der Waals surface area (Å²) in [5.41, 5.74) is 6.06. The van der Waals surface area contributed by atoms with E-state index in [2.05, 4.69) is 23.5 Å². The summed E-state index contributed by atoms with van der Waals surface area (Å²) in [6.45, 7) is 0.524. The molecule has 0 bridgehead atoms. The molecule has 2 rings (SSSR count). The molecule has 0 unspecified atom stereocenters. The van der Waals surface area contributed by atoms with Gasteiger partial charge in [0.2, 0.25) is 0 Å². The van der Waals surface area contributed by atoms with E-state index in [0.717, 1.165) is 12.0 Å².